The summed E-state index contributed by atoms with van der Waals surface area (Å²) in [5, 5.41) is 39.4. The summed E-state index contributed by atoms with van der Waals surface area (Å²) in [6.45, 7) is 26.8. The molecule has 3 fully saturated rings. The van der Waals surface area contributed by atoms with E-state index in [0.717, 1.165) is 12.7 Å². The van der Waals surface area contributed by atoms with Crippen LogP contribution in [0.4, 0.5) is 49.1 Å². The van der Waals surface area contributed by atoms with Crippen LogP contribution < -0.4 is 42.5 Å². The molecule has 3 aliphatic rings. The van der Waals surface area contributed by atoms with Crippen molar-refractivity contribution in [2.45, 2.75) is 197 Å². The number of ketones is 4. The Hall–Kier alpha value is -14.6. The number of nitrogens with zero attached hydrogens (tertiary/aromatic N) is 10. The summed E-state index contributed by atoms with van der Waals surface area (Å²) < 4.78 is 101. The van der Waals surface area contributed by atoms with Gasteiger partial charge in [-0.1, -0.05) is 17.2 Å². The van der Waals surface area contributed by atoms with Crippen LogP contribution in [0.1, 0.15) is 258 Å². The summed E-state index contributed by atoms with van der Waals surface area (Å²) in [5.74, 6) is -9.40. The number of carbonyl (C=O) groups excluding carboxylic acids is 12. The number of rotatable bonds is 26. The number of aliphatic hydroxyl groups is 1. The van der Waals surface area contributed by atoms with E-state index in [9.17, 15) is 89.0 Å². The fourth-order valence-electron chi connectivity index (χ4n) is 16.6. The molecule has 3 atom stereocenters. The van der Waals surface area contributed by atoms with Crippen molar-refractivity contribution in [2.75, 3.05) is 35.4 Å². The zero-order chi connectivity index (χ0) is 100. The lowest BCUT2D eigenvalue weighted by Gasteiger charge is -2.40. The number of anilines is 4. The molecule has 0 spiro atoms. The molecule has 3 saturated carbocycles. The molecule has 3 aliphatic carbocycles. The molecule has 0 unspecified atom stereocenters. The Bertz CT molecular complexity index is 6630. The van der Waals surface area contributed by atoms with Gasteiger partial charge in [-0.2, -0.15) is 18.7 Å². The predicted molar refractivity (Wildman–Crippen MR) is 486 cm³/mol. The number of Topliss-reactive ketones (excluding diaryl/α,β-unsaturated/α-hetero) is 4. The molecule has 0 radical (unpaired) electrons. The third kappa shape index (κ3) is 21.5. The molecule has 34 nitrogen and oxygen atoms in total. The zero-order valence-corrected chi connectivity index (χ0v) is 79.3. The maximum Gasteiger partial charge on any atom is 0.313 e. The second kappa shape index (κ2) is 40.7. The number of aliphatic hydroxyl groups excluding tert-OH is 1. The number of nitrogens with one attached hydrogen (secondary N) is 8. The highest BCUT2D eigenvalue weighted by atomic mass is 19.3. The number of carbonyl (C=O) groups is 12. The SMILES string of the molecule is Cc1cc(NC(=O)c2c(C)c(C(=O)C(=O)NC(C)(C)c3noc(CN(C)C)n3)n(C)c2C)ccc1F.Cc1cc(NC(=O)c2c(C)c(C(=O)C(=O)NC3(c4coc(C(F)F)n4)CCC3)n(C)c2C)ccc1F.Cc1cc(NC(=O)c2c(C)c(C(=O)C(=O)N[C@@H]3CC[C@H](C)[C@@H]3O)n(C)c2C)ccc1F.Cc1noc(C2(NC(=O)C(=O)c3c(C)c(C(=O)Nc4ccc(F)c(C)c4)c(C)n3C)CC2)n1. The normalized spacial score (nSPS) is 15.0. The number of oxazole rings is 1. The van der Waals surface area contributed by atoms with Gasteiger partial charge in [0.15, 0.2) is 11.6 Å². The van der Waals surface area contributed by atoms with E-state index in [1.807, 2.05) is 25.9 Å². The lowest BCUT2D eigenvalue weighted by atomic mass is 9.74. The van der Waals surface area contributed by atoms with E-state index in [2.05, 4.69) is 67.8 Å². The van der Waals surface area contributed by atoms with Crippen LogP contribution in [0.5, 0.6) is 0 Å². The highest BCUT2D eigenvalue weighted by molar-refractivity contribution is 6.45. The molecule has 11 aromatic rings. The Balaban J connectivity index is 0.000000174. The molecule has 8 amide bonds. The smallest absolute Gasteiger partial charge is 0.313 e. The van der Waals surface area contributed by atoms with Crippen LogP contribution in [0.3, 0.4) is 0 Å². The largest absolute Gasteiger partial charge is 0.443 e. The number of aryl methyl sites for hydroxylation is 5. The van der Waals surface area contributed by atoms with E-state index < -0.39 is 117 Å². The van der Waals surface area contributed by atoms with Gasteiger partial charge in [-0.3, -0.25) is 57.5 Å². The molecule has 136 heavy (non-hydrogen) atoms. The second-order valence-electron chi connectivity index (χ2n) is 35.4. The van der Waals surface area contributed by atoms with Crippen molar-refractivity contribution >= 4 is 93.1 Å². The van der Waals surface area contributed by atoms with Gasteiger partial charge in [-0.15, -0.1) is 0 Å². The van der Waals surface area contributed by atoms with Crippen LogP contribution >= 0.6 is 0 Å². The van der Waals surface area contributed by atoms with E-state index >= 15 is 0 Å². The number of hydrogen-bond acceptors (Lipinski definition) is 22. The Morgan fingerprint density at radius 3 is 1.15 bits per heavy atom. The molecule has 0 saturated heterocycles. The van der Waals surface area contributed by atoms with Crippen molar-refractivity contribution in [1.82, 2.24) is 69.7 Å². The zero-order valence-electron chi connectivity index (χ0n) is 79.3. The number of amides is 8. The second-order valence-corrected chi connectivity index (χ2v) is 35.4. The first kappa shape index (κ1) is 102. The van der Waals surface area contributed by atoms with Crippen LogP contribution in [-0.4, -0.2) is 150 Å². The average Bonchev–Trinajstić information content (AvgIpc) is 1.67. The van der Waals surface area contributed by atoms with Gasteiger partial charge in [0.25, 0.3) is 82.2 Å². The van der Waals surface area contributed by atoms with Gasteiger partial charge < -0.3 is 84.3 Å². The topological polar surface area (TPSA) is 448 Å². The number of hydrogen-bond donors (Lipinski definition) is 9. The fourth-order valence-corrected chi connectivity index (χ4v) is 16.6. The van der Waals surface area contributed by atoms with E-state index in [1.54, 1.807) is 132 Å². The minimum absolute atomic E-state index is 0.0216. The summed E-state index contributed by atoms with van der Waals surface area (Å²) in [4.78, 5) is 170. The van der Waals surface area contributed by atoms with Crippen LogP contribution in [0, 0.1) is 119 Å². The molecule has 9 N–H and O–H groups in total. The lowest BCUT2D eigenvalue weighted by molar-refractivity contribution is -0.120. The van der Waals surface area contributed by atoms with Crippen LogP contribution in [0.2, 0.25) is 0 Å². The van der Waals surface area contributed by atoms with Crippen molar-refractivity contribution in [2.24, 2.45) is 34.1 Å². The van der Waals surface area contributed by atoms with Gasteiger partial charge in [-0.25, -0.2) is 22.5 Å². The van der Waals surface area contributed by atoms with Crippen LogP contribution in [-0.2, 0) is 70.5 Å². The molecule has 4 aromatic carbocycles. The van der Waals surface area contributed by atoms with E-state index in [4.69, 9.17) is 13.5 Å². The van der Waals surface area contributed by atoms with Crippen molar-refractivity contribution in [1.29, 1.82) is 0 Å². The molecule has 0 bridgehead atoms. The first-order valence-electron chi connectivity index (χ1n) is 43.3. The van der Waals surface area contributed by atoms with Crippen molar-refractivity contribution in [3.63, 3.8) is 0 Å². The Morgan fingerprint density at radius 1 is 0.485 bits per heavy atom. The molecule has 14 rings (SSSR count). The Kier molecular flexibility index (Phi) is 30.5. The number of benzene rings is 4. The van der Waals surface area contributed by atoms with Gasteiger partial charge in [-0.05, 0) is 286 Å². The number of halogens is 6. The molecule has 7 aromatic heterocycles. The van der Waals surface area contributed by atoms with Crippen LogP contribution in [0.15, 0.2) is 92.5 Å². The van der Waals surface area contributed by atoms with Gasteiger partial charge in [0, 0.05) is 73.7 Å². The molecule has 7 heterocycles. The molecule has 40 heteroatoms. The van der Waals surface area contributed by atoms with Crippen LogP contribution in [0.25, 0.3) is 0 Å². The highest BCUT2D eigenvalue weighted by Crippen LogP contribution is 2.46. The van der Waals surface area contributed by atoms with Crippen molar-refractivity contribution < 1.29 is 102 Å². The van der Waals surface area contributed by atoms with Gasteiger partial charge in [0.1, 0.15) is 40.8 Å². The summed E-state index contributed by atoms with van der Waals surface area (Å²) in [7, 11) is 10.1. The van der Waals surface area contributed by atoms with Crippen molar-refractivity contribution in [3.05, 3.63) is 250 Å². The molecule has 0 aliphatic heterocycles. The quantitative estimate of drug-likeness (QED) is 0.0138. The summed E-state index contributed by atoms with van der Waals surface area (Å²) >= 11 is 0. The van der Waals surface area contributed by atoms with E-state index in [0.29, 0.717) is 147 Å². The minimum Gasteiger partial charge on any atom is -0.443 e. The van der Waals surface area contributed by atoms with Crippen molar-refractivity contribution in [3.8, 4) is 0 Å². The lowest BCUT2D eigenvalue weighted by Crippen LogP contribution is -2.53. The molecular formula is C96H108F6N18O16. The molecule has 720 valence electrons. The maximum absolute atomic E-state index is 13.6. The number of aromatic nitrogens is 9. The standard InChI is InChI=1S/C25H25F3N4O4.C25H31FN6O4.C23H24FN5O4.C23H28FN3O4/c1-12-10-15(6-7-16(12)26)29-22(34)18-13(2)19(32(4)14(18)3)20(33)23(35)31-25(8-5-9-25)17-11-36-24(30-17)21(27)28;1-13-11-16(9-10-17(13)26)27-22(34)19-14(2)20(32(8)15(19)3)21(33)23(35)29-25(4,5)24-28-18(36-30-24)12-31(6)7;1-11-10-15(6-7-16(11)24)26-20(31)17-12(2)18(29(5)13(17)3)19(30)21(32)27-23(8-9-23)22-25-14(4)28-33-22;1-11-6-9-17(20(11)28)26-23(31)21(29)19-13(3)18(14(4)27(19)5)22(30)25-15-7-8-16(24)12(2)10-15/h6-7,10-11,21H,5,8-9H2,1-4H3,(H,29,34)(H,31,35);9-11H,12H2,1-8H3,(H,27,34)(H,29,35);6-7,10H,8-9H2,1-5H3,(H,26,31)(H,27,32);7-8,10-11,17,20,28H,6,9H2,1-5H3,(H,25,30)(H,26,31)/t;;;11-,17+,20-/m...0/s1. The molecular weight excluding hydrogens is 1780 g/mol. The maximum atomic E-state index is 13.6. The summed E-state index contributed by atoms with van der Waals surface area (Å²) in [6, 6.07) is 16.4. The van der Waals surface area contributed by atoms with Gasteiger partial charge in [0.2, 0.25) is 5.89 Å². The third-order valence-electron chi connectivity index (χ3n) is 24.9. The summed E-state index contributed by atoms with van der Waals surface area (Å²) in [5.41, 5.74) is 5.18. The van der Waals surface area contributed by atoms with Gasteiger partial charge >= 0.3 is 6.43 Å². The summed E-state index contributed by atoms with van der Waals surface area (Å²) in [6.07, 6.45) is 1.58. The first-order chi connectivity index (χ1) is 63.7. The van der Waals surface area contributed by atoms with E-state index in [-0.39, 0.29) is 85.8 Å². The monoisotopic (exact) mass is 1880 g/mol. The van der Waals surface area contributed by atoms with E-state index in [1.165, 1.54) is 91.1 Å². The first-order valence-corrected chi connectivity index (χ1v) is 43.3. The fraction of sp³-hybridized carbons (Fsp3) is 0.385. The minimum atomic E-state index is -2.90. The Morgan fingerprint density at radius 2 is 0.846 bits per heavy atom. The average molecular weight is 1880 g/mol. The highest BCUT2D eigenvalue weighted by Gasteiger charge is 2.52. The predicted octanol–water partition coefficient (Wildman–Crippen LogP) is 13.5. The third-order valence-corrected chi connectivity index (χ3v) is 24.9. The Labute approximate surface area is 778 Å². The van der Waals surface area contributed by atoms with Gasteiger partial charge in [0.05, 0.1) is 74.8 Å². The number of alkyl halides is 2.